The molecule has 84 valence electrons. The first-order chi connectivity index (χ1) is 7.65. The van der Waals surface area contributed by atoms with Crippen molar-refractivity contribution in [3.63, 3.8) is 0 Å². The summed E-state index contributed by atoms with van der Waals surface area (Å²) in [5.74, 6) is 0.571. The quantitative estimate of drug-likeness (QED) is 0.770. The highest BCUT2D eigenvalue weighted by Crippen LogP contribution is 2.18. The predicted octanol–water partition coefficient (Wildman–Crippen LogP) is 2.65. The summed E-state index contributed by atoms with van der Waals surface area (Å²) in [6.07, 6.45) is 5.22. The minimum absolute atomic E-state index is 0.446. The minimum atomic E-state index is 0.446. The van der Waals surface area contributed by atoms with E-state index in [1.165, 1.54) is 6.33 Å². The fourth-order valence-corrected chi connectivity index (χ4v) is 1.61. The first-order valence-corrected chi connectivity index (χ1v) is 5.53. The SMILES string of the molecule is CC(C)Cn1cc(-c2cc(Cl)ncn2)cn1. The second kappa shape index (κ2) is 4.61. The van der Waals surface area contributed by atoms with Crippen molar-refractivity contribution < 1.29 is 0 Å². The monoisotopic (exact) mass is 236 g/mol. The Bertz CT molecular complexity index is 478. The molecule has 0 aliphatic rings. The Kier molecular flexibility index (Phi) is 3.19. The number of rotatable bonds is 3. The van der Waals surface area contributed by atoms with Crippen LogP contribution in [0.2, 0.25) is 5.15 Å². The lowest BCUT2D eigenvalue weighted by molar-refractivity contribution is 0.483. The first kappa shape index (κ1) is 11.1. The van der Waals surface area contributed by atoms with E-state index >= 15 is 0 Å². The zero-order chi connectivity index (χ0) is 11.5. The van der Waals surface area contributed by atoms with Crippen LogP contribution in [0.1, 0.15) is 13.8 Å². The van der Waals surface area contributed by atoms with E-state index in [-0.39, 0.29) is 0 Å². The van der Waals surface area contributed by atoms with E-state index < -0.39 is 0 Å². The van der Waals surface area contributed by atoms with Crippen molar-refractivity contribution in [2.45, 2.75) is 20.4 Å². The van der Waals surface area contributed by atoms with Gasteiger partial charge in [0, 0.05) is 24.4 Å². The normalized spacial score (nSPS) is 11.0. The average molecular weight is 237 g/mol. The molecule has 0 aliphatic heterocycles. The maximum Gasteiger partial charge on any atom is 0.133 e. The van der Waals surface area contributed by atoms with E-state index in [1.807, 2.05) is 10.9 Å². The van der Waals surface area contributed by atoms with Gasteiger partial charge in [-0.25, -0.2) is 9.97 Å². The van der Waals surface area contributed by atoms with Gasteiger partial charge in [-0.2, -0.15) is 5.10 Å². The smallest absolute Gasteiger partial charge is 0.133 e. The maximum atomic E-state index is 5.81. The summed E-state index contributed by atoms with van der Waals surface area (Å²) in [7, 11) is 0. The molecule has 2 rings (SSSR count). The van der Waals surface area contributed by atoms with Crippen molar-refractivity contribution in [1.82, 2.24) is 19.7 Å². The van der Waals surface area contributed by atoms with Crippen LogP contribution in [0, 0.1) is 5.92 Å². The molecular weight excluding hydrogens is 224 g/mol. The van der Waals surface area contributed by atoms with Gasteiger partial charge in [0.25, 0.3) is 0 Å². The molecule has 0 bridgehead atoms. The highest BCUT2D eigenvalue weighted by molar-refractivity contribution is 6.29. The van der Waals surface area contributed by atoms with E-state index in [9.17, 15) is 0 Å². The molecule has 0 N–H and O–H groups in total. The van der Waals surface area contributed by atoms with Crippen LogP contribution < -0.4 is 0 Å². The van der Waals surface area contributed by atoms with Gasteiger partial charge in [0.2, 0.25) is 0 Å². The summed E-state index contributed by atoms with van der Waals surface area (Å²) >= 11 is 5.81. The third kappa shape index (κ3) is 2.58. The Morgan fingerprint density at radius 1 is 1.38 bits per heavy atom. The third-order valence-corrected chi connectivity index (χ3v) is 2.32. The van der Waals surface area contributed by atoms with Gasteiger partial charge in [-0.1, -0.05) is 25.4 Å². The summed E-state index contributed by atoms with van der Waals surface area (Å²) in [6.45, 7) is 5.21. The highest BCUT2D eigenvalue weighted by Gasteiger charge is 2.05. The van der Waals surface area contributed by atoms with E-state index in [1.54, 1.807) is 12.3 Å². The van der Waals surface area contributed by atoms with E-state index in [2.05, 4.69) is 28.9 Å². The molecular formula is C11H13ClN4. The molecule has 5 heteroatoms. The van der Waals surface area contributed by atoms with Crippen LogP contribution in [0.5, 0.6) is 0 Å². The zero-order valence-corrected chi connectivity index (χ0v) is 10.0. The molecule has 2 aromatic rings. The van der Waals surface area contributed by atoms with E-state index in [0.29, 0.717) is 11.1 Å². The fourth-order valence-electron chi connectivity index (χ4n) is 1.46. The summed E-state index contributed by atoms with van der Waals surface area (Å²) in [4.78, 5) is 8.00. The summed E-state index contributed by atoms with van der Waals surface area (Å²) in [5, 5.41) is 4.72. The lowest BCUT2D eigenvalue weighted by atomic mass is 10.2. The molecule has 0 radical (unpaired) electrons. The molecule has 0 spiro atoms. The predicted molar refractivity (Wildman–Crippen MR) is 63.1 cm³/mol. The van der Waals surface area contributed by atoms with Crippen molar-refractivity contribution >= 4 is 11.6 Å². The standard InChI is InChI=1S/C11H13ClN4/c1-8(2)5-16-6-9(4-15-16)10-3-11(12)14-7-13-10/h3-4,6-8H,5H2,1-2H3. The molecule has 0 aromatic carbocycles. The Morgan fingerprint density at radius 2 is 2.19 bits per heavy atom. The molecule has 0 fully saturated rings. The molecule has 4 nitrogen and oxygen atoms in total. The number of hydrogen-bond donors (Lipinski definition) is 0. The van der Waals surface area contributed by atoms with Crippen LogP contribution in [0.3, 0.4) is 0 Å². The van der Waals surface area contributed by atoms with Gasteiger partial charge in [0.15, 0.2) is 0 Å². The van der Waals surface area contributed by atoms with Crippen molar-refractivity contribution in [2.24, 2.45) is 5.92 Å². The number of aromatic nitrogens is 4. The van der Waals surface area contributed by atoms with Crippen molar-refractivity contribution in [1.29, 1.82) is 0 Å². The molecule has 2 aromatic heterocycles. The first-order valence-electron chi connectivity index (χ1n) is 5.15. The minimum Gasteiger partial charge on any atom is -0.272 e. The van der Waals surface area contributed by atoms with Gasteiger partial charge in [0.05, 0.1) is 11.9 Å². The van der Waals surface area contributed by atoms with Gasteiger partial charge in [-0.15, -0.1) is 0 Å². The Balaban J connectivity index is 2.24. The van der Waals surface area contributed by atoms with Crippen molar-refractivity contribution in [2.75, 3.05) is 0 Å². The summed E-state index contributed by atoms with van der Waals surface area (Å²) in [5.41, 5.74) is 1.76. The zero-order valence-electron chi connectivity index (χ0n) is 9.26. The second-order valence-electron chi connectivity index (χ2n) is 4.07. The number of hydrogen-bond acceptors (Lipinski definition) is 3. The molecule has 0 saturated heterocycles. The molecule has 0 saturated carbocycles. The number of halogens is 1. The van der Waals surface area contributed by atoms with Gasteiger partial charge in [0.1, 0.15) is 11.5 Å². The van der Waals surface area contributed by atoms with Gasteiger partial charge >= 0.3 is 0 Å². The lowest BCUT2D eigenvalue weighted by Crippen LogP contribution is -2.03. The van der Waals surface area contributed by atoms with E-state index in [0.717, 1.165) is 17.8 Å². The Labute approximate surface area is 99.3 Å². The molecule has 0 atom stereocenters. The van der Waals surface area contributed by atoms with Crippen LogP contribution in [0.25, 0.3) is 11.3 Å². The molecule has 0 unspecified atom stereocenters. The molecule has 2 heterocycles. The third-order valence-electron chi connectivity index (χ3n) is 2.11. The number of nitrogens with zero attached hydrogens (tertiary/aromatic N) is 4. The van der Waals surface area contributed by atoms with Crippen LogP contribution in [0.15, 0.2) is 24.8 Å². The summed E-state index contributed by atoms with van der Waals surface area (Å²) in [6, 6.07) is 1.73. The fraction of sp³-hybridized carbons (Fsp3) is 0.364. The van der Waals surface area contributed by atoms with E-state index in [4.69, 9.17) is 11.6 Å². The van der Waals surface area contributed by atoms with Gasteiger partial charge in [-0.05, 0) is 5.92 Å². The largest absolute Gasteiger partial charge is 0.272 e. The van der Waals surface area contributed by atoms with Gasteiger partial charge < -0.3 is 0 Å². The Hall–Kier alpha value is -1.42. The lowest BCUT2D eigenvalue weighted by Gasteiger charge is -2.03. The maximum absolute atomic E-state index is 5.81. The average Bonchev–Trinajstić information content (AvgIpc) is 2.65. The molecule has 0 aliphatic carbocycles. The van der Waals surface area contributed by atoms with Crippen LogP contribution in [-0.4, -0.2) is 19.7 Å². The van der Waals surface area contributed by atoms with Crippen LogP contribution >= 0.6 is 11.6 Å². The van der Waals surface area contributed by atoms with Crippen LogP contribution in [0.4, 0.5) is 0 Å². The second-order valence-corrected chi connectivity index (χ2v) is 4.46. The Morgan fingerprint density at radius 3 is 2.88 bits per heavy atom. The highest BCUT2D eigenvalue weighted by atomic mass is 35.5. The molecule has 0 amide bonds. The van der Waals surface area contributed by atoms with Crippen molar-refractivity contribution in [3.05, 3.63) is 29.9 Å². The van der Waals surface area contributed by atoms with Gasteiger partial charge in [-0.3, -0.25) is 4.68 Å². The van der Waals surface area contributed by atoms with Crippen molar-refractivity contribution in [3.8, 4) is 11.3 Å². The molecule has 16 heavy (non-hydrogen) atoms. The topological polar surface area (TPSA) is 43.6 Å². The summed E-state index contributed by atoms with van der Waals surface area (Å²) < 4.78 is 1.91. The van der Waals surface area contributed by atoms with Crippen LogP contribution in [-0.2, 0) is 6.54 Å².